The number of halogens is 4. The van der Waals surface area contributed by atoms with Gasteiger partial charge in [-0.1, -0.05) is 109 Å². The number of likely N-dealkylation sites (N-methyl/N-ethyl adjacent to an activating group) is 1. The Bertz CT molecular complexity index is 2860. The number of ether oxygens (including phenoxy) is 1. The van der Waals surface area contributed by atoms with Gasteiger partial charge in [0, 0.05) is 66.0 Å². The van der Waals surface area contributed by atoms with Gasteiger partial charge in [0.2, 0.25) is 0 Å². The highest BCUT2D eigenvalue weighted by Crippen LogP contribution is 2.32. The molecule has 1 aliphatic rings. The molecule has 2 heterocycles. The lowest BCUT2D eigenvalue weighted by molar-refractivity contribution is -0.137. The van der Waals surface area contributed by atoms with Crippen molar-refractivity contribution >= 4 is 60.3 Å². The van der Waals surface area contributed by atoms with E-state index in [1.807, 2.05) is 13.0 Å². The molecule has 6 aromatic carbocycles. The molecular formula is C48H49ClF3N3O8S2. The Hall–Kier alpha value is -5.59. The van der Waals surface area contributed by atoms with E-state index in [2.05, 4.69) is 76.4 Å². The molecule has 0 aliphatic carbocycles. The molecule has 65 heavy (non-hydrogen) atoms. The van der Waals surface area contributed by atoms with E-state index in [0.29, 0.717) is 24.1 Å². The molecule has 7 aromatic rings. The van der Waals surface area contributed by atoms with Crippen LogP contribution in [0.25, 0.3) is 21.7 Å². The average Bonchev–Trinajstić information content (AvgIpc) is 3.56. The average molecular weight is 953 g/mol. The molecule has 1 atom stereocenters. The smallest absolute Gasteiger partial charge is 0.416 e. The van der Waals surface area contributed by atoms with Crippen LogP contribution in [0.5, 0.6) is 0 Å². The molecule has 1 aromatic heterocycles. The van der Waals surface area contributed by atoms with Crippen molar-refractivity contribution in [3.05, 3.63) is 179 Å². The van der Waals surface area contributed by atoms with Crippen molar-refractivity contribution < 1.29 is 48.6 Å². The second kappa shape index (κ2) is 22.1. The Morgan fingerprint density at radius 1 is 0.738 bits per heavy atom. The minimum absolute atomic E-state index is 0. The largest absolute Gasteiger partial charge is 0.461 e. The summed E-state index contributed by atoms with van der Waals surface area (Å²) < 4.78 is 108. The zero-order valence-corrected chi connectivity index (χ0v) is 37.9. The van der Waals surface area contributed by atoms with Gasteiger partial charge in [-0.2, -0.15) is 30.0 Å². The van der Waals surface area contributed by atoms with Gasteiger partial charge in [-0.05, 0) is 73.5 Å². The Morgan fingerprint density at radius 2 is 1.28 bits per heavy atom. The molecule has 0 saturated heterocycles. The van der Waals surface area contributed by atoms with Crippen molar-refractivity contribution in [2.75, 3.05) is 26.7 Å². The summed E-state index contributed by atoms with van der Waals surface area (Å²) in [6, 6.07) is 41.1. The predicted molar refractivity (Wildman–Crippen MR) is 248 cm³/mol. The van der Waals surface area contributed by atoms with Gasteiger partial charge >= 0.3 is 12.1 Å². The first kappa shape index (κ1) is 50.4. The number of fused-ring (bicyclic) bond motifs is 4. The zero-order chi connectivity index (χ0) is 46.1. The summed E-state index contributed by atoms with van der Waals surface area (Å²) in [6.07, 6.45) is -2.73. The molecule has 0 radical (unpaired) electrons. The third-order valence-corrected chi connectivity index (χ3v) is 12.4. The lowest BCUT2D eigenvalue weighted by Crippen LogP contribution is -2.31. The highest BCUT2D eigenvalue weighted by atomic mass is 35.5. The number of carbonyl (C=O) groups is 1. The first-order chi connectivity index (χ1) is 30.4. The zero-order valence-electron chi connectivity index (χ0n) is 35.5. The Morgan fingerprint density at radius 3 is 1.88 bits per heavy atom. The normalized spacial score (nSPS) is 13.3. The van der Waals surface area contributed by atoms with E-state index in [9.17, 15) is 34.8 Å². The summed E-state index contributed by atoms with van der Waals surface area (Å²) in [5, 5.41) is 4.61. The molecule has 0 amide bonds. The quantitative estimate of drug-likeness (QED) is 0.0649. The van der Waals surface area contributed by atoms with Gasteiger partial charge in [0.25, 0.3) is 20.2 Å². The van der Waals surface area contributed by atoms with Gasteiger partial charge in [-0.15, -0.1) is 12.4 Å². The fourth-order valence-corrected chi connectivity index (χ4v) is 9.00. The van der Waals surface area contributed by atoms with E-state index in [0.717, 1.165) is 50.3 Å². The fourth-order valence-electron chi connectivity index (χ4n) is 7.59. The molecular weight excluding hydrogens is 903 g/mol. The van der Waals surface area contributed by atoms with E-state index in [1.165, 1.54) is 58.1 Å². The number of carbonyl (C=O) groups excluding carboxylic acids is 1. The summed E-state index contributed by atoms with van der Waals surface area (Å²) >= 11 is 0. The molecule has 0 spiro atoms. The van der Waals surface area contributed by atoms with Crippen molar-refractivity contribution in [1.82, 2.24) is 14.8 Å². The Kier molecular flexibility index (Phi) is 17.1. The topological polar surface area (TPSA) is 155 Å². The highest BCUT2D eigenvalue weighted by molar-refractivity contribution is 7.86. The van der Waals surface area contributed by atoms with Crippen LogP contribution in [0.1, 0.15) is 45.2 Å². The van der Waals surface area contributed by atoms with E-state index >= 15 is 0 Å². The number of para-hydroxylation sites is 1. The maximum atomic E-state index is 12.7. The second-order valence-corrected chi connectivity index (χ2v) is 18.1. The van der Waals surface area contributed by atoms with E-state index in [-0.39, 0.29) is 35.8 Å². The number of aromatic nitrogens is 1. The molecule has 3 N–H and O–H groups in total. The predicted octanol–water partition coefficient (Wildman–Crippen LogP) is 9.52. The van der Waals surface area contributed by atoms with Crippen LogP contribution in [-0.2, 0) is 57.1 Å². The first-order valence-corrected chi connectivity index (χ1v) is 23.2. The molecule has 11 nitrogen and oxygen atoms in total. The third-order valence-electron chi connectivity index (χ3n) is 10.6. The van der Waals surface area contributed by atoms with Crippen LogP contribution in [0.2, 0.25) is 0 Å². The summed E-state index contributed by atoms with van der Waals surface area (Å²) in [4.78, 5) is 13.4. The molecule has 0 bridgehead atoms. The molecule has 0 saturated carbocycles. The molecule has 8 rings (SSSR count). The van der Waals surface area contributed by atoms with Crippen LogP contribution in [-0.4, -0.2) is 74.2 Å². The monoisotopic (exact) mass is 951 g/mol. The highest BCUT2D eigenvalue weighted by Gasteiger charge is 2.30. The van der Waals surface area contributed by atoms with E-state index < -0.39 is 47.7 Å². The lowest BCUT2D eigenvalue weighted by Gasteiger charge is -2.24. The standard InChI is InChI=1S/C19H20F3NO2.C19H20N2.C10H8O6S2.ClH/c1-14(12-15-6-5-9-17(13-15)19(20,21)22)23-10-11-25-18(24)16-7-3-2-4-8-16;1-20-12-11-19-17(14-20)16-9-5-6-10-18(16)21(19)13-15-7-3-2-4-8-15;11-17(12,13)9-5-1-3-7-8(9)4-2-6-10(7)18(14,15)16;/h2-9,13-14,23H,10-12H2,1H3;2-10H,11-14H2,1H3;1-6H,(H,11,12,13)(H,14,15,16);1H. The van der Waals surface area contributed by atoms with Gasteiger partial charge in [0.15, 0.2) is 0 Å². The molecule has 17 heteroatoms. The lowest BCUT2D eigenvalue weighted by atomic mass is 10.0. The minimum atomic E-state index is -4.47. The minimum Gasteiger partial charge on any atom is -0.461 e. The fraction of sp³-hybridized carbons (Fsp3) is 0.229. The van der Waals surface area contributed by atoms with Gasteiger partial charge < -0.3 is 19.5 Å². The third kappa shape index (κ3) is 13.5. The van der Waals surface area contributed by atoms with Crippen LogP contribution < -0.4 is 5.32 Å². The van der Waals surface area contributed by atoms with Gasteiger partial charge in [0.05, 0.1) is 11.1 Å². The van der Waals surface area contributed by atoms with Crippen molar-refractivity contribution in [2.24, 2.45) is 0 Å². The number of alkyl halides is 3. The summed E-state index contributed by atoms with van der Waals surface area (Å²) in [7, 11) is -6.72. The van der Waals surface area contributed by atoms with Crippen LogP contribution >= 0.6 is 12.4 Å². The van der Waals surface area contributed by atoms with Crippen LogP contribution in [0.3, 0.4) is 0 Å². The molecule has 1 unspecified atom stereocenters. The Labute approximate surface area is 382 Å². The molecule has 1 aliphatic heterocycles. The van der Waals surface area contributed by atoms with E-state index in [1.54, 1.807) is 30.3 Å². The van der Waals surface area contributed by atoms with Crippen molar-refractivity contribution in [3.63, 3.8) is 0 Å². The van der Waals surface area contributed by atoms with Gasteiger partial charge in [-0.25, -0.2) is 4.79 Å². The number of rotatable bonds is 11. The van der Waals surface area contributed by atoms with Crippen molar-refractivity contribution in [2.45, 2.75) is 54.9 Å². The number of hydrogen-bond acceptors (Lipinski definition) is 8. The Balaban J connectivity index is 0.000000184. The molecule has 0 fully saturated rings. The second-order valence-electron chi connectivity index (χ2n) is 15.3. The SMILES string of the molecule is CC(Cc1cccc(C(F)(F)F)c1)NCCOC(=O)c1ccccc1.CN1CCc2c(c3ccccc3n2Cc2ccccc2)C1.Cl.O=S(=O)(O)c1cccc2c(S(=O)(=O)O)cccc12. The van der Waals surface area contributed by atoms with Crippen molar-refractivity contribution in [1.29, 1.82) is 0 Å². The van der Waals surface area contributed by atoms with Crippen LogP contribution in [0.15, 0.2) is 155 Å². The van der Waals surface area contributed by atoms with Crippen LogP contribution in [0, 0.1) is 0 Å². The van der Waals surface area contributed by atoms with Gasteiger partial charge in [-0.3, -0.25) is 9.11 Å². The number of nitrogens with zero attached hydrogens (tertiary/aromatic N) is 2. The number of benzene rings is 6. The van der Waals surface area contributed by atoms with E-state index in [4.69, 9.17) is 13.8 Å². The number of hydrogen-bond donors (Lipinski definition) is 3. The number of nitrogens with one attached hydrogen (secondary N) is 1. The molecule has 344 valence electrons. The first-order valence-electron chi connectivity index (χ1n) is 20.3. The number of esters is 1. The summed E-state index contributed by atoms with van der Waals surface area (Å²) in [5.74, 6) is -0.395. The summed E-state index contributed by atoms with van der Waals surface area (Å²) in [5.41, 5.74) is 6.25. The summed E-state index contributed by atoms with van der Waals surface area (Å²) in [6.45, 7) is 5.69. The van der Waals surface area contributed by atoms with Crippen molar-refractivity contribution in [3.8, 4) is 0 Å². The van der Waals surface area contributed by atoms with Crippen LogP contribution in [0.4, 0.5) is 13.2 Å². The van der Waals surface area contributed by atoms with Gasteiger partial charge in [0.1, 0.15) is 16.4 Å². The maximum Gasteiger partial charge on any atom is 0.416 e. The maximum absolute atomic E-state index is 12.7.